The average Bonchev–Trinajstić information content (AvgIpc) is 1.96. The summed E-state index contributed by atoms with van der Waals surface area (Å²) in [6, 6.07) is 0. The van der Waals surface area contributed by atoms with Gasteiger partial charge in [-0.15, -0.1) is 11.6 Å². The first kappa shape index (κ1) is 10.3. The van der Waals surface area contributed by atoms with Crippen LogP contribution in [0.3, 0.4) is 0 Å². The van der Waals surface area contributed by atoms with Gasteiger partial charge in [0.1, 0.15) is 0 Å². The molecule has 1 aliphatic rings. The summed E-state index contributed by atoms with van der Waals surface area (Å²) < 4.78 is 5.74. The van der Waals surface area contributed by atoms with Crippen LogP contribution in [0.2, 0.25) is 0 Å². The third-order valence-corrected chi connectivity index (χ3v) is 3.20. The molecule has 0 aliphatic carbocycles. The van der Waals surface area contributed by atoms with Crippen LogP contribution in [-0.2, 0) is 4.74 Å². The van der Waals surface area contributed by atoms with Crippen LogP contribution >= 0.6 is 11.6 Å². The van der Waals surface area contributed by atoms with E-state index in [1.165, 1.54) is 12.8 Å². The minimum atomic E-state index is 0.323. The molecular weight excluding hydrogens is 172 g/mol. The molecule has 0 aromatic rings. The molecule has 1 aliphatic heterocycles. The number of hydrogen-bond acceptors (Lipinski definition) is 1. The lowest BCUT2D eigenvalue weighted by molar-refractivity contribution is -0.0642. The predicted octanol–water partition coefficient (Wildman–Crippen LogP) is 3.21. The zero-order valence-electron chi connectivity index (χ0n) is 8.22. The van der Waals surface area contributed by atoms with Gasteiger partial charge in [0.2, 0.25) is 0 Å². The molecule has 2 heteroatoms. The van der Waals surface area contributed by atoms with Gasteiger partial charge in [0, 0.05) is 11.3 Å². The third-order valence-electron chi connectivity index (χ3n) is 2.69. The van der Waals surface area contributed by atoms with Gasteiger partial charge in [0.15, 0.2) is 0 Å². The second kappa shape index (κ2) is 4.48. The number of alkyl halides is 1. The van der Waals surface area contributed by atoms with Gasteiger partial charge in [0.05, 0.1) is 12.2 Å². The van der Waals surface area contributed by atoms with Crippen molar-refractivity contribution in [1.29, 1.82) is 0 Å². The molecule has 4 atom stereocenters. The van der Waals surface area contributed by atoms with Crippen LogP contribution in [0.15, 0.2) is 0 Å². The normalized spacial score (nSPS) is 43.0. The van der Waals surface area contributed by atoms with Crippen LogP contribution < -0.4 is 0 Å². The number of rotatable bonds is 2. The second-order valence-corrected chi connectivity index (χ2v) is 4.42. The van der Waals surface area contributed by atoms with E-state index in [4.69, 9.17) is 16.3 Å². The topological polar surface area (TPSA) is 9.23 Å². The molecule has 0 aromatic carbocycles. The van der Waals surface area contributed by atoms with E-state index in [1.807, 2.05) is 0 Å². The molecule has 0 saturated carbocycles. The van der Waals surface area contributed by atoms with Crippen LogP contribution in [0.1, 0.15) is 40.0 Å². The van der Waals surface area contributed by atoms with Crippen molar-refractivity contribution in [2.75, 3.05) is 0 Å². The molecule has 1 fully saturated rings. The second-order valence-electron chi connectivity index (χ2n) is 3.86. The van der Waals surface area contributed by atoms with Gasteiger partial charge in [-0.25, -0.2) is 0 Å². The van der Waals surface area contributed by atoms with E-state index in [1.54, 1.807) is 0 Å². The number of hydrogen-bond donors (Lipinski definition) is 0. The molecule has 1 saturated heterocycles. The zero-order chi connectivity index (χ0) is 9.14. The molecule has 0 spiro atoms. The molecule has 0 amide bonds. The van der Waals surface area contributed by atoms with Crippen LogP contribution in [0.5, 0.6) is 0 Å². The molecule has 12 heavy (non-hydrogen) atoms. The standard InChI is InChI=1S/C10H19ClO/c1-4-5-9-8(3)12-7(2)6-10(9)11/h7-10H,4-6H2,1-3H3. The van der Waals surface area contributed by atoms with E-state index < -0.39 is 0 Å². The first-order valence-electron chi connectivity index (χ1n) is 4.94. The van der Waals surface area contributed by atoms with E-state index in [0.717, 1.165) is 6.42 Å². The van der Waals surface area contributed by atoms with Gasteiger partial charge in [-0.2, -0.15) is 0 Å². The van der Waals surface area contributed by atoms with Crippen molar-refractivity contribution in [1.82, 2.24) is 0 Å². The van der Waals surface area contributed by atoms with E-state index >= 15 is 0 Å². The summed E-state index contributed by atoms with van der Waals surface area (Å²) in [5, 5.41) is 0.323. The van der Waals surface area contributed by atoms with Gasteiger partial charge >= 0.3 is 0 Å². The van der Waals surface area contributed by atoms with Crippen LogP contribution in [0.25, 0.3) is 0 Å². The molecule has 0 bridgehead atoms. The first-order chi connectivity index (χ1) is 5.65. The van der Waals surface area contributed by atoms with Crippen LogP contribution in [-0.4, -0.2) is 17.6 Å². The quantitative estimate of drug-likeness (QED) is 0.608. The lowest BCUT2D eigenvalue weighted by atomic mass is 9.88. The van der Waals surface area contributed by atoms with Crippen LogP contribution in [0, 0.1) is 5.92 Å². The molecule has 4 unspecified atom stereocenters. The van der Waals surface area contributed by atoms with Gasteiger partial charge < -0.3 is 4.74 Å². The Morgan fingerprint density at radius 1 is 1.42 bits per heavy atom. The fraction of sp³-hybridized carbons (Fsp3) is 1.00. The van der Waals surface area contributed by atoms with Gasteiger partial charge in [-0.05, 0) is 26.7 Å². The highest BCUT2D eigenvalue weighted by Gasteiger charge is 2.32. The largest absolute Gasteiger partial charge is 0.375 e. The predicted molar refractivity (Wildman–Crippen MR) is 52.7 cm³/mol. The maximum Gasteiger partial charge on any atom is 0.0592 e. The van der Waals surface area contributed by atoms with Crippen molar-refractivity contribution in [2.45, 2.75) is 57.6 Å². The molecule has 0 N–H and O–H groups in total. The fourth-order valence-corrected chi connectivity index (χ4v) is 2.64. The monoisotopic (exact) mass is 190 g/mol. The summed E-state index contributed by atoms with van der Waals surface area (Å²) in [6.45, 7) is 6.45. The Morgan fingerprint density at radius 3 is 2.58 bits per heavy atom. The smallest absolute Gasteiger partial charge is 0.0592 e. The number of ether oxygens (including phenoxy) is 1. The van der Waals surface area contributed by atoms with Crippen LogP contribution in [0.4, 0.5) is 0 Å². The van der Waals surface area contributed by atoms with Gasteiger partial charge in [0.25, 0.3) is 0 Å². The van der Waals surface area contributed by atoms with Crippen molar-refractivity contribution < 1.29 is 4.74 Å². The maximum atomic E-state index is 6.27. The Kier molecular flexibility index (Phi) is 3.85. The Labute approximate surface area is 80.4 Å². The summed E-state index contributed by atoms with van der Waals surface area (Å²) in [5.41, 5.74) is 0. The molecule has 1 nitrogen and oxygen atoms in total. The van der Waals surface area contributed by atoms with E-state index in [-0.39, 0.29) is 0 Å². The highest BCUT2D eigenvalue weighted by atomic mass is 35.5. The Balaban J connectivity index is 2.48. The van der Waals surface area contributed by atoms with Gasteiger partial charge in [-0.3, -0.25) is 0 Å². The molecular formula is C10H19ClO. The lowest BCUT2D eigenvalue weighted by Crippen LogP contribution is -2.39. The summed E-state index contributed by atoms with van der Waals surface area (Å²) >= 11 is 6.27. The van der Waals surface area contributed by atoms with Crippen molar-refractivity contribution in [3.05, 3.63) is 0 Å². The third kappa shape index (κ3) is 2.37. The van der Waals surface area contributed by atoms with Gasteiger partial charge in [-0.1, -0.05) is 13.3 Å². The molecule has 0 aromatic heterocycles. The van der Waals surface area contributed by atoms with E-state index in [0.29, 0.717) is 23.5 Å². The number of halogens is 1. The summed E-state index contributed by atoms with van der Waals surface area (Å²) in [4.78, 5) is 0. The average molecular weight is 191 g/mol. The fourth-order valence-electron chi connectivity index (χ4n) is 2.06. The van der Waals surface area contributed by atoms with Crippen molar-refractivity contribution >= 4 is 11.6 Å². The Bertz CT molecular complexity index is 126. The molecule has 0 radical (unpaired) electrons. The highest BCUT2D eigenvalue weighted by Crippen LogP contribution is 2.32. The summed E-state index contributed by atoms with van der Waals surface area (Å²) in [7, 11) is 0. The Hall–Kier alpha value is 0.250. The molecule has 72 valence electrons. The minimum absolute atomic E-state index is 0.323. The SMILES string of the molecule is CCCC1C(Cl)CC(C)OC1C. The molecule has 1 heterocycles. The summed E-state index contributed by atoms with van der Waals surface area (Å²) in [6.07, 6.45) is 4.10. The van der Waals surface area contributed by atoms with E-state index in [9.17, 15) is 0 Å². The van der Waals surface area contributed by atoms with Crippen molar-refractivity contribution in [2.24, 2.45) is 5.92 Å². The first-order valence-corrected chi connectivity index (χ1v) is 5.38. The minimum Gasteiger partial charge on any atom is -0.375 e. The lowest BCUT2D eigenvalue weighted by Gasteiger charge is -2.36. The summed E-state index contributed by atoms with van der Waals surface area (Å²) in [5.74, 6) is 0.563. The zero-order valence-corrected chi connectivity index (χ0v) is 8.97. The molecule has 1 rings (SSSR count). The van der Waals surface area contributed by atoms with Crippen molar-refractivity contribution in [3.63, 3.8) is 0 Å². The van der Waals surface area contributed by atoms with E-state index in [2.05, 4.69) is 20.8 Å². The van der Waals surface area contributed by atoms with Crippen molar-refractivity contribution in [3.8, 4) is 0 Å². The highest BCUT2D eigenvalue weighted by molar-refractivity contribution is 6.20. The Morgan fingerprint density at radius 2 is 2.08 bits per heavy atom. The maximum absolute atomic E-state index is 6.27.